The number of aldehydes is 1. The molecular formula is C13H7Cl2FO2. The summed E-state index contributed by atoms with van der Waals surface area (Å²) in [4.78, 5) is 10.9. The summed E-state index contributed by atoms with van der Waals surface area (Å²) < 4.78 is 18.9. The van der Waals surface area contributed by atoms with Crippen molar-refractivity contribution in [2.45, 2.75) is 0 Å². The van der Waals surface area contributed by atoms with E-state index < -0.39 is 5.82 Å². The molecule has 0 aliphatic rings. The third-order valence-electron chi connectivity index (χ3n) is 2.23. The Labute approximate surface area is 113 Å². The van der Waals surface area contributed by atoms with Crippen molar-refractivity contribution in [3.8, 4) is 11.5 Å². The molecule has 2 rings (SSSR count). The number of hydrogen-bond donors (Lipinski definition) is 0. The second-order valence-electron chi connectivity index (χ2n) is 3.45. The molecule has 0 fully saturated rings. The van der Waals surface area contributed by atoms with Crippen LogP contribution in [0.3, 0.4) is 0 Å². The first-order valence-electron chi connectivity index (χ1n) is 4.98. The normalized spacial score (nSPS) is 10.2. The lowest BCUT2D eigenvalue weighted by molar-refractivity contribution is 0.112. The molecular weight excluding hydrogens is 278 g/mol. The molecule has 0 aliphatic heterocycles. The summed E-state index contributed by atoms with van der Waals surface area (Å²) in [5, 5.41) is 0.352. The zero-order valence-corrected chi connectivity index (χ0v) is 10.5. The maximum atomic E-state index is 13.6. The molecule has 0 bridgehead atoms. The standard InChI is InChI=1S/C13H7Cl2FO2/c14-9-4-5-11(8(6-9)7-17)18-12-3-1-2-10(15)13(12)16/h1-7H. The van der Waals surface area contributed by atoms with Gasteiger partial charge < -0.3 is 4.74 Å². The van der Waals surface area contributed by atoms with E-state index in [9.17, 15) is 9.18 Å². The summed E-state index contributed by atoms with van der Waals surface area (Å²) in [5.74, 6) is -0.505. The van der Waals surface area contributed by atoms with Crippen molar-refractivity contribution >= 4 is 29.5 Å². The summed E-state index contributed by atoms with van der Waals surface area (Å²) in [6.07, 6.45) is 0.587. The van der Waals surface area contributed by atoms with Crippen molar-refractivity contribution in [2.24, 2.45) is 0 Å². The topological polar surface area (TPSA) is 26.3 Å². The molecule has 2 aromatic rings. The largest absolute Gasteiger partial charge is 0.453 e. The van der Waals surface area contributed by atoms with Gasteiger partial charge in [-0.1, -0.05) is 29.3 Å². The molecule has 0 saturated heterocycles. The fourth-order valence-corrected chi connectivity index (χ4v) is 1.73. The van der Waals surface area contributed by atoms with E-state index in [0.29, 0.717) is 11.3 Å². The average Bonchev–Trinajstić information content (AvgIpc) is 2.37. The molecule has 0 unspecified atom stereocenters. The maximum Gasteiger partial charge on any atom is 0.184 e. The summed E-state index contributed by atoms with van der Waals surface area (Å²) in [6.45, 7) is 0. The Bertz CT molecular complexity index is 600. The van der Waals surface area contributed by atoms with Crippen LogP contribution in [0.15, 0.2) is 36.4 Å². The number of halogens is 3. The molecule has 5 heteroatoms. The van der Waals surface area contributed by atoms with Crippen LogP contribution < -0.4 is 4.74 Å². The Morgan fingerprint density at radius 3 is 2.61 bits per heavy atom. The number of rotatable bonds is 3. The molecule has 0 atom stereocenters. The minimum absolute atomic E-state index is 0.0471. The van der Waals surface area contributed by atoms with E-state index in [2.05, 4.69) is 0 Å². The van der Waals surface area contributed by atoms with Crippen LogP contribution in [0.1, 0.15) is 10.4 Å². The zero-order chi connectivity index (χ0) is 13.1. The Balaban J connectivity index is 2.40. The van der Waals surface area contributed by atoms with Gasteiger partial charge in [0, 0.05) is 5.02 Å². The van der Waals surface area contributed by atoms with Crippen molar-refractivity contribution in [3.63, 3.8) is 0 Å². The number of ether oxygens (including phenoxy) is 1. The predicted molar refractivity (Wildman–Crippen MR) is 68.3 cm³/mol. The van der Waals surface area contributed by atoms with Crippen LogP contribution in [0.4, 0.5) is 4.39 Å². The van der Waals surface area contributed by atoms with Gasteiger partial charge in [-0.05, 0) is 30.3 Å². The molecule has 18 heavy (non-hydrogen) atoms. The smallest absolute Gasteiger partial charge is 0.184 e. The highest BCUT2D eigenvalue weighted by Gasteiger charge is 2.11. The van der Waals surface area contributed by atoms with Crippen LogP contribution in [-0.2, 0) is 0 Å². The minimum Gasteiger partial charge on any atom is -0.453 e. The molecule has 2 aromatic carbocycles. The fraction of sp³-hybridized carbons (Fsp3) is 0. The average molecular weight is 285 g/mol. The van der Waals surface area contributed by atoms with Crippen LogP contribution in [0.25, 0.3) is 0 Å². The van der Waals surface area contributed by atoms with Gasteiger partial charge in [0.2, 0.25) is 0 Å². The monoisotopic (exact) mass is 284 g/mol. The maximum absolute atomic E-state index is 13.6. The molecule has 0 aromatic heterocycles. The number of hydrogen-bond acceptors (Lipinski definition) is 2. The van der Waals surface area contributed by atoms with Crippen LogP contribution in [0, 0.1) is 5.82 Å². The van der Waals surface area contributed by atoms with Gasteiger partial charge in [0.05, 0.1) is 10.6 Å². The lowest BCUT2D eigenvalue weighted by atomic mass is 10.2. The van der Waals surface area contributed by atoms with Crippen LogP contribution in [0.2, 0.25) is 10.0 Å². The summed E-state index contributed by atoms with van der Waals surface area (Å²) in [6, 6.07) is 8.86. The molecule has 92 valence electrons. The third-order valence-corrected chi connectivity index (χ3v) is 2.76. The van der Waals surface area contributed by atoms with Crippen molar-refractivity contribution in [2.75, 3.05) is 0 Å². The Hall–Kier alpha value is -1.58. The van der Waals surface area contributed by atoms with E-state index >= 15 is 0 Å². The number of benzene rings is 2. The van der Waals surface area contributed by atoms with Crippen LogP contribution in [-0.4, -0.2) is 6.29 Å². The summed E-state index contributed by atoms with van der Waals surface area (Å²) >= 11 is 11.4. The van der Waals surface area contributed by atoms with E-state index in [4.69, 9.17) is 27.9 Å². The minimum atomic E-state index is -0.675. The van der Waals surface area contributed by atoms with Gasteiger partial charge in [-0.15, -0.1) is 0 Å². The first-order valence-corrected chi connectivity index (χ1v) is 5.74. The third kappa shape index (κ3) is 2.63. The SMILES string of the molecule is O=Cc1cc(Cl)ccc1Oc1cccc(Cl)c1F. The highest BCUT2D eigenvalue weighted by molar-refractivity contribution is 6.31. The van der Waals surface area contributed by atoms with Gasteiger partial charge in [0.15, 0.2) is 17.9 Å². The second kappa shape index (κ2) is 5.38. The Morgan fingerprint density at radius 2 is 1.89 bits per heavy atom. The molecule has 0 N–H and O–H groups in total. The molecule has 0 saturated carbocycles. The zero-order valence-electron chi connectivity index (χ0n) is 8.99. The number of carbonyl (C=O) groups is 1. The lowest BCUT2D eigenvalue weighted by Crippen LogP contribution is -1.93. The highest BCUT2D eigenvalue weighted by Crippen LogP contribution is 2.31. The van der Waals surface area contributed by atoms with Gasteiger partial charge >= 0.3 is 0 Å². The van der Waals surface area contributed by atoms with Gasteiger partial charge in [-0.25, -0.2) is 4.39 Å². The molecule has 0 aliphatic carbocycles. The number of carbonyl (C=O) groups excluding carboxylic acids is 1. The van der Waals surface area contributed by atoms with Crippen LogP contribution >= 0.6 is 23.2 Å². The van der Waals surface area contributed by atoms with Gasteiger partial charge in [0.25, 0.3) is 0 Å². The van der Waals surface area contributed by atoms with E-state index in [1.807, 2.05) is 0 Å². The van der Waals surface area contributed by atoms with E-state index in [1.165, 1.54) is 24.3 Å². The van der Waals surface area contributed by atoms with E-state index in [1.54, 1.807) is 12.1 Å². The molecule has 2 nitrogen and oxygen atoms in total. The van der Waals surface area contributed by atoms with Crippen molar-refractivity contribution in [1.82, 2.24) is 0 Å². The van der Waals surface area contributed by atoms with Crippen molar-refractivity contribution in [1.29, 1.82) is 0 Å². The van der Waals surface area contributed by atoms with Gasteiger partial charge in [0.1, 0.15) is 5.75 Å². The molecule has 0 amide bonds. The van der Waals surface area contributed by atoms with Crippen molar-refractivity contribution < 1.29 is 13.9 Å². The highest BCUT2D eigenvalue weighted by atomic mass is 35.5. The van der Waals surface area contributed by atoms with E-state index in [-0.39, 0.29) is 22.1 Å². The first-order chi connectivity index (χ1) is 8.61. The first kappa shape index (κ1) is 12.9. The quantitative estimate of drug-likeness (QED) is 0.761. The predicted octanol–water partition coefficient (Wildman–Crippen LogP) is 4.74. The Kier molecular flexibility index (Phi) is 3.84. The molecule has 0 heterocycles. The second-order valence-corrected chi connectivity index (χ2v) is 4.30. The summed E-state index contributed by atoms with van der Waals surface area (Å²) in [7, 11) is 0. The van der Waals surface area contributed by atoms with Gasteiger partial charge in [-0.2, -0.15) is 0 Å². The lowest BCUT2D eigenvalue weighted by Gasteiger charge is -2.09. The van der Waals surface area contributed by atoms with Gasteiger partial charge in [-0.3, -0.25) is 4.79 Å². The molecule has 0 radical (unpaired) electrons. The summed E-state index contributed by atoms with van der Waals surface area (Å²) in [5.41, 5.74) is 0.238. The fourth-order valence-electron chi connectivity index (χ4n) is 1.39. The van der Waals surface area contributed by atoms with Crippen molar-refractivity contribution in [3.05, 3.63) is 57.8 Å². The molecule has 0 spiro atoms. The van der Waals surface area contributed by atoms with E-state index in [0.717, 1.165) is 0 Å². The van der Waals surface area contributed by atoms with Crippen LogP contribution in [0.5, 0.6) is 11.5 Å². The Morgan fingerprint density at radius 1 is 1.11 bits per heavy atom.